The third-order valence-electron chi connectivity index (χ3n) is 9.86. The van der Waals surface area contributed by atoms with Gasteiger partial charge in [-0.25, -0.2) is 0 Å². The van der Waals surface area contributed by atoms with Gasteiger partial charge < -0.3 is 0 Å². The summed E-state index contributed by atoms with van der Waals surface area (Å²) in [5.74, 6) is 4.51. The minimum absolute atomic E-state index is 0.521. The van der Waals surface area contributed by atoms with E-state index in [1.807, 2.05) is 5.57 Å². The normalized spacial score (nSPS) is 44.8. The van der Waals surface area contributed by atoms with Gasteiger partial charge in [0.15, 0.2) is 0 Å². The molecule has 0 nitrogen and oxygen atoms in total. The Balaban J connectivity index is 1.52. The number of fused-ring (bicyclic) bond motifs is 5. The monoisotopic (exact) mass is 380 g/mol. The fourth-order valence-electron chi connectivity index (χ4n) is 8.23. The predicted molar refractivity (Wildman–Crippen MR) is 122 cm³/mol. The van der Waals surface area contributed by atoms with E-state index in [1.54, 1.807) is 5.57 Å². The van der Waals surface area contributed by atoms with Crippen molar-refractivity contribution in [2.24, 2.45) is 40.4 Å². The summed E-state index contributed by atoms with van der Waals surface area (Å²) < 4.78 is 0. The number of hydrogen-bond donors (Lipinski definition) is 0. The van der Waals surface area contributed by atoms with Crippen molar-refractivity contribution in [2.45, 2.75) is 98.8 Å². The van der Waals surface area contributed by atoms with Crippen molar-refractivity contribution in [2.75, 3.05) is 0 Å². The van der Waals surface area contributed by atoms with Crippen LogP contribution in [0.15, 0.2) is 35.5 Å². The summed E-state index contributed by atoms with van der Waals surface area (Å²) in [6.45, 7) is 16.8. The Bertz CT molecular complexity index is 674. The second kappa shape index (κ2) is 7.48. The molecule has 0 aromatic heterocycles. The second-order valence-electron chi connectivity index (χ2n) is 11.8. The highest BCUT2D eigenvalue weighted by molar-refractivity contribution is 5.26. The zero-order valence-electron chi connectivity index (χ0n) is 19.3. The molecule has 7 atom stereocenters. The lowest BCUT2D eigenvalue weighted by atomic mass is 9.47. The molecule has 0 spiro atoms. The Hall–Kier alpha value is -0.780. The zero-order chi connectivity index (χ0) is 20.1. The molecule has 4 aliphatic rings. The topological polar surface area (TPSA) is 0 Å². The van der Waals surface area contributed by atoms with Gasteiger partial charge in [-0.05, 0) is 118 Å². The molecule has 0 heteroatoms. The molecule has 3 fully saturated rings. The van der Waals surface area contributed by atoms with Crippen molar-refractivity contribution >= 4 is 0 Å². The first-order chi connectivity index (χ1) is 13.3. The molecule has 0 bridgehead atoms. The van der Waals surface area contributed by atoms with Crippen LogP contribution in [-0.2, 0) is 0 Å². The van der Waals surface area contributed by atoms with E-state index in [1.165, 1.54) is 69.8 Å². The summed E-state index contributed by atoms with van der Waals surface area (Å²) in [6.07, 6.45) is 18.9. The molecule has 0 aliphatic heterocycles. The van der Waals surface area contributed by atoms with Crippen molar-refractivity contribution in [3.05, 3.63) is 35.5 Å². The molecule has 4 aliphatic carbocycles. The highest BCUT2D eigenvalue weighted by Gasteiger charge is 2.58. The molecular weight excluding hydrogens is 336 g/mol. The lowest BCUT2D eigenvalue weighted by Crippen LogP contribution is -2.50. The van der Waals surface area contributed by atoms with E-state index in [4.69, 9.17) is 0 Å². The Morgan fingerprint density at radius 2 is 1.89 bits per heavy atom. The van der Waals surface area contributed by atoms with Crippen molar-refractivity contribution < 1.29 is 0 Å². The van der Waals surface area contributed by atoms with Crippen molar-refractivity contribution in [1.29, 1.82) is 0 Å². The molecule has 0 N–H and O–H groups in total. The van der Waals surface area contributed by atoms with Gasteiger partial charge in [-0.15, -0.1) is 0 Å². The van der Waals surface area contributed by atoms with Gasteiger partial charge in [0.1, 0.15) is 0 Å². The Labute approximate surface area is 175 Å². The van der Waals surface area contributed by atoms with Crippen LogP contribution in [0.1, 0.15) is 98.8 Å². The number of allylic oxidation sites excluding steroid dienone is 5. The maximum atomic E-state index is 4.62. The van der Waals surface area contributed by atoms with Gasteiger partial charge in [-0.2, -0.15) is 0 Å². The molecule has 0 unspecified atom stereocenters. The van der Waals surface area contributed by atoms with Crippen LogP contribution in [0.3, 0.4) is 0 Å². The Morgan fingerprint density at radius 3 is 2.64 bits per heavy atom. The highest BCUT2D eigenvalue weighted by atomic mass is 14.6. The van der Waals surface area contributed by atoms with Crippen LogP contribution >= 0.6 is 0 Å². The summed E-state index contributed by atoms with van der Waals surface area (Å²) in [7, 11) is 0. The van der Waals surface area contributed by atoms with E-state index < -0.39 is 0 Å². The molecule has 3 saturated carbocycles. The quantitative estimate of drug-likeness (QED) is 0.429. The zero-order valence-corrected chi connectivity index (χ0v) is 19.3. The van der Waals surface area contributed by atoms with Crippen molar-refractivity contribution in [3.8, 4) is 0 Å². The summed E-state index contributed by atoms with van der Waals surface area (Å²) in [4.78, 5) is 0. The van der Waals surface area contributed by atoms with E-state index in [9.17, 15) is 0 Å². The summed E-state index contributed by atoms with van der Waals surface area (Å²) in [5.41, 5.74) is 5.90. The van der Waals surface area contributed by atoms with Gasteiger partial charge in [0.2, 0.25) is 0 Å². The van der Waals surface area contributed by atoms with Gasteiger partial charge in [0.25, 0.3) is 0 Å². The Morgan fingerprint density at radius 1 is 1.11 bits per heavy atom. The third-order valence-corrected chi connectivity index (χ3v) is 9.86. The summed E-state index contributed by atoms with van der Waals surface area (Å²) >= 11 is 0. The molecule has 0 amide bonds. The van der Waals surface area contributed by atoms with Crippen LogP contribution in [0.25, 0.3) is 0 Å². The molecule has 4 rings (SSSR count). The smallest absolute Gasteiger partial charge is 0.00851 e. The molecule has 0 aromatic carbocycles. The third kappa shape index (κ3) is 3.27. The maximum Gasteiger partial charge on any atom is -0.00851 e. The average molecular weight is 381 g/mol. The fraction of sp³-hybridized carbons (Fsp3) is 0.786. The SMILES string of the molecule is C=C(CCC=C(C)C)[C@H]1CC[C@H]2[C@@H]3CC=C4C[C@@H](C)CC[C@]4(C)[C@H]3CC[C@]12C. The van der Waals surface area contributed by atoms with E-state index >= 15 is 0 Å². The fourth-order valence-corrected chi connectivity index (χ4v) is 8.23. The largest absolute Gasteiger partial charge is 0.0995 e. The molecule has 0 heterocycles. The number of hydrogen-bond acceptors (Lipinski definition) is 0. The first-order valence-electron chi connectivity index (χ1n) is 12.3. The first kappa shape index (κ1) is 20.5. The average Bonchev–Trinajstić information content (AvgIpc) is 2.99. The van der Waals surface area contributed by atoms with Crippen molar-refractivity contribution in [1.82, 2.24) is 0 Å². The van der Waals surface area contributed by atoms with E-state index in [0.29, 0.717) is 10.8 Å². The van der Waals surface area contributed by atoms with Crippen LogP contribution in [-0.4, -0.2) is 0 Å². The van der Waals surface area contributed by atoms with Crippen LogP contribution < -0.4 is 0 Å². The van der Waals surface area contributed by atoms with Crippen LogP contribution in [0.5, 0.6) is 0 Å². The molecule has 28 heavy (non-hydrogen) atoms. The van der Waals surface area contributed by atoms with Gasteiger partial charge in [-0.3, -0.25) is 0 Å². The molecule has 0 radical (unpaired) electrons. The van der Waals surface area contributed by atoms with Crippen molar-refractivity contribution in [3.63, 3.8) is 0 Å². The van der Waals surface area contributed by atoms with Gasteiger partial charge >= 0.3 is 0 Å². The van der Waals surface area contributed by atoms with Crippen LogP contribution in [0, 0.1) is 40.4 Å². The lowest BCUT2D eigenvalue weighted by molar-refractivity contribution is -0.0391. The van der Waals surface area contributed by atoms with Gasteiger partial charge in [0.05, 0.1) is 0 Å². The standard InChI is InChI=1S/C28H44/c1-19(2)8-7-9-21(4)24-12-13-25-23-11-10-22-18-20(3)14-16-27(22,5)26(23)15-17-28(24,25)6/h8,10,20,23-26H,4,7,9,11-18H2,1-3,5-6H3/t20-,23-,24+,25-,26-,27-,28+/m0/s1. The number of rotatable bonds is 4. The minimum Gasteiger partial charge on any atom is -0.0995 e. The summed E-state index contributed by atoms with van der Waals surface area (Å²) in [5, 5.41) is 0. The lowest BCUT2D eigenvalue weighted by Gasteiger charge is -2.58. The maximum absolute atomic E-state index is 4.62. The summed E-state index contributed by atoms with van der Waals surface area (Å²) in [6, 6.07) is 0. The molecular formula is C28H44. The minimum atomic E-state index is 0.521. The molecule has 0 aromatic rings. The van der Waals surface area contributed by atoms with Crippen LogP contribution in [0.4, 0.5) is 0 Å². The van der Waals surface area contributed by atoms with Gasteiger partial charge in [0, 0.05) is 0 Å². The van der Waals surface area contributed by atoms with E-state index in [2.05, 4.69) is 53.3 Å². The predicted octanol–water partition coefficient (Wildman–Crippen LogP) is 8.50. The Kier molecular flexibility index (Phi) is 5.47. The van der Waals surface area contributed by atoms with E-state index in [0.717, 1.165) is 29.6 Å². The van der Waals surface area contributed by atoms with E-state index in [-0.39, 0.29) is 0 Å². The van der Waals surface area contributed by atoms with Gasteiger partial charge in [-0.1, -0.05) is 56.2 Å². The second-order valence-corrected chi connectivity index (χ2v) is 11.8. The first-order valence-corrected chi connectivity index (χ1v) is 12.3. The molecule has 0 saturated heterocycles. The van der Waals surface area contributed by atoms with Crippen LogP contribution in [0.2, 0.25) is 0 Å². The molecule has 156 valence electrons. The highest BCUT2D eigenvalue weighted by Crippen LogP contribution is 2.67.